The lowest BCUT2D eigenvalue weighted by atomic mass is 10.1. The molecule has 0 fully saturated rings. The maximum Gasteiger partial charge on any atom is 0.0639 e. The molecule has 98 valence electrons. The van der Waals surface area contributed by atoms with Crippen molar-refractivity contribution in [1.29, 1.82) is 0 Å². The second kappa shape index (κ2) is 5.40. The number of nitrogens with zero attached hydrogens (tertiary/aromatic N) is 3. The number of aryl methyl sites for hydroxylation is 2. The first kappa shape index (κ1) is 12.9. The summed E-state index contributed by atoms with van der Waals surface area (Å²) >= 11 is 0. The molecule has 2 N–H and O–H groups in total. The second-order valence-corrected chi connectivity index (χ2v) is 4.97. The van der Waals surface area contributed by atoms with Crippen LogP contribution >= 0.6 is 0 Å². The fraction of sp³-hybridized carbons (Fsp3) is 0.500. The zero-order chi connectivity index (χ0) is 13.1. The fourth-order valence-corrected chi connectivity index (χ4v) is 2.16. The molecule has 0 spiro atoms. The van der Waals surface area contributed by atoms with Crippen molar-refractivity contribution in [3.05, 3.63) is 41.5 Å². The van der Waals surface area contributed by atoms with E-state index in [0.29, 0.717) is 0 Å². The van der Waals surface area contributed by atoms with Crippen LogP contribution in [0.25, 0.3) is 0 Å². The molecule has 1 atom stereocenters. The van der Waals surface area contributed by atoms with Crippen LogP contribution < -0.4 is 5.73 Å². The van der Waals surface area contributed by atoms with Crippen molar-refractivity contribution in [2.75, 3.05) is 0 Å². The first-order valence-electron chi connectivity index (χ1n) is 6.48. The van der Waals surface area contributed by atoms with Gasteiger partial charge in [0.1, 0.15) is 0 Å². The molecule has 0 radical (unpaired) electrons. The first-order valence-corrected chi connectivity index (χ1v) is 6.48. The first-order chi connectivity index (χ1) is 8.58. The lowest BCUT2D eigenvalue weighted by Crippen LogP contribution is -2.21. The molecule has 4 nitrogen and oxygen atoms in total. The lowest BCUT2D eigenvalue weighted by molar-refractivity contribution is 0.641. The van der Waals surface area contributed by atoms with Gasteiger partial charge in [0, 0.05) is 25.5 Å². The summed E-state index contributed by atoms with van der Waals surface area (Å²) in [6, 6.07) is 4.54. The highest BCUT2D eigenvalue weighted by atomic mass is 15.3. The van der Waals surface area contributed by atoms with E-state index in [1.165, 1.54) is 11.3 Å². The smallest absolute Gasteiger partial charge is 0.0639 e. The lowest BCUT2D eigenvalue weighted by Gasteiger charge is -2.06. The van der Waals surface area contributed by atoms with Crippen LogP contribution in [-0.2, 0) is 20.0 Å². The van der Waals surface area contributed by atoms with Gasteiger partial charge in [0.05, 0.1) is 17.9 Å². The molecule has 0 aliphatic carbocycles. The minimum Gasteiger partial charge on any atom is -0.348 e. The molecule has 4 heteroatoms. The summed E-state index contributed by atoms with van der Waals surface area (Å²) in [5, 5.41) is 4.36. The van der Waals surface area contributed by atoms with Gasteiger partial charge in [0.2, 0.25) is 0 Å². The Morgan fingerprint density at radius 3 is 2.83 bits per heavy atom. The molecular formula is C14H22N4. The molecule has 18 heavy (non-hydrogen) atoms. The van der Waals surface area contributed by atoms with Gasteiger partial charge < -0.3 is 10.3 Å². The number of rotatable bonds is 5. The van der Waals surface area contributed by atoms with Gasteiger partial charge in [-0.05, 0) is 37.5 Å². The Morgan fingerprint density at radius 1 is 1.44 bits per heavy atom. The highest BCUT2D eigenvalue weighted by molar-refractivity contribution is 5.15. The Balaban J connectivity index is 2.04. The summed E-state index contributed by atoms with van der Waals surface area (Å²) in [4.78, 5) is 0. The predicted octanol–water partition coefficient (Wildman–Crippen LogP) is 1.86. The largest absolute Gasteiger partial charge is 0.348 e. The van der Waals surface area contributed by atoms with Crippen molar-refractivity contribution in [2.45, 2.75) is 39.3 Å². The third-order valence-corrected chi connectivity index (χ3v) is 3.28. The summed E-state index contributed by atoms with van der Waals surface area (Å²) in [5.74, 6) is 0. The highest BCUT2D eigenvalue weighted by Crippen LogP contribution is 2.09. The molecule has 2 rings (SSSR count). The molecular weight excluding hydrogens is 224 g/mol. The van der Waals surface area contributed by atoms with Crippen LogP contribution in [0, 0.1) is 6.92 Å². The summed E-state index contributed by atoms with van der Waals surface area (Å²) < 4.78 is 4.13. The van der Waals surface area contributed by atoms with E-state index < -0.39 is 0 Å². The summed E-state index contributed by atoms with van der Waals surface area (Å²) in [7, 11) is 1.99. The van der Waals surface area contributed by atoms with Crippen molar-refractivity contribution in [3.63, 3.8) is 0 Å². The molecule has 0 bridgehead atoms. The molecule has 0 aliphatic rings. The van der Waals surface area contributed by atoms with Gasteiger partial charge in [-0.15, -0.1) is 0 Å². The van der Waals surface area contributed by atoms with Crippen molar-refractivity contribution < 1.29 is 0 Å². The molecule has 1 unspecified atom stereocenters. The maximum absolute atomic E-state index is 5.97. The Kier molecular flexibility index (Phi) is 3.87. The Morgan fingerprint density at radius 2 is 2.22 bits per heavy atom. The van der Waals surface area contributed by atoms with E-state index in [0.717, 1.165) is 25.1 Å². The Labute approximate surface area is 108 Å². The molecule has 0 aliphatic heterocycles. The molecule has 0 amide bonds. The van der Waals surface area contributed by atoms with Crippen LogP contribution in [0.15, 0.2) is 24.5 Å². The van der Waals surface area contributed by atoms with Gasteiger partial charge in [-0.3, -0.25) is 4.68 Å². The Hall–Kier alpha value is -1.55. The van der Waals surface area contributed by atoms with Crippen molar-refractivity contribution in [1.82, 2.24) is 14.3 Å². The monoisotopic (exact) mass is 246 g/mol. The molecule has 2 heterocycles. The minimum absolute atomic E-state index is 0.264. The Bertz CT molecular complexity index is 510. The van der Waals surface area contributed by atoms with Crippen LogP contribution in [-0.4, -0.2) is 20.4 Å². The maximum atomic E-state index is 5.97. The topological polar surface area (TPSA) is 48.8 Å². The molecule has 2 aromatic heterocycles. The van der Waals surface area contributed by atoms with Gasteiger partial charge in [0.15, 0.2) is 0 Å². The van der Waals surface area contributed by atoms with Gasteiger partial charge in [-0.2, -0.15) is 5.10 Å². The van der Waals surface area contributed by atoms with E-state index in [1.54, 1.807) is 0 Å². The second-order valence-electron chi connectivity index (χ2n) is 4.97. The molecule has 2 aromatic rings. The molecule has 0 saturated heterocycles. The van der Waals surface area contributed by atoms with E-state index in [4.69, 9.17) is 5.73 Å². The van der Waals surface area contributed by atoms with Crippen molar-refractivity contribution >= 4 is 0 Å². The van der Waals surface area contributed by atoms with Crippen LogP contribution in [0.3, 0.4) is 0 Å². The number of hydrogen-bond acceptors (Lipinski definition) is 2. The van der Waals surface area contributed by atoms with Crippen LogP contribution in [0.4, 0.5) is 0 Å². The van der Waals surface area contributed by atoms with Crippen LogP contribution in [0.2, 0.25) is 0 Å². The highest BCUT2D eigenvalue weighted by Gasteiger charge is 2.05. The van der Waals surface area contributed by atoms with Gasteiger partial charge in [-0.1, -0.05) is 6.92 Å². The van der Waals surface area contributed by atoms with E-state index in [-0.39, 0.29) is 6.04 Å². The zero-order valence-corrected chi connectivity index (χ0v) is 11.4. The third-order valence-electron chi connectivity index (χ3n) is 3.28. The predicted molar refractivity (Wildman–Crippen MR) is 73.4 cm³/mol. The number of hydrogen-bond donors (Lipinski definition) is 1. The van der Waals surface area contributed by atoms with Gasteiger partial charge in [-0.25, -0.2) is 0 Å². The average molecular weight is 246 g/mol. The van der Waals surface area contributed by atoms with Gasteiger partial charge in [0.25, 0.3) is 0 Å². The minimum atomic E-state index is 0.264. The molecule has 0 aromatic carbocycles. The van der Waals surface area contributed by atoms with Crippen molar-refractivity contribution in [2.24, 2.45) is 12.8 Å². The summed E-state index contributed by atoms with van der Waals surface area (Å²) in [6.45, 7) is 5.00. The van der Waals surface area contributed by atoms with Crippen LogP contribution in [0.5, 0.6) is 0 Å². The summed E-state index contributed by atoms with van der Waals surface area (Å²) in [5.41, 5.74) is 9.56. The van der Waals surface area contributed by atoms with Gasteiger partial charge >= 0.3 is 0 Å². The van der Waals surface area contributed by atoms with Crippen molar-refractivity contribution in [3.8, 4) is 0 Å². The molecule has 0 saturated carbocycles. The van der Waals surface area contributed by atoms with E-state index in [9.17, 15) is 0 Å². The number of aromatic nitrogens is 3. The third kappa shape index (κ3) is 3.01. The fourth-order valence-electron chi connectivity index (χ4n) is 2.16. The normalized spacial score (nSPS) is 12.9. The van der Waals surface area contributed by atoms with Crippen LogP contribution in [0.1, 0.15) is 30.3 Å². The average Bonchev–Trinajstić information content (AvgIpc) is 2.87. The number of nitrogens with two attached hydrogens (primary N) is 1. The summed E-state index contributed by atoms with van der Waals surface area (Å²) in [6.07, 6.45) is 6.26. The zero-order valence-electron chi connectivity index (χ0n) is 11.4. The standard InChI is InChI=1S/C14H22N4/c1-4-13(15)8-12-5-6-18(9-12)10-14-7-11(2)16-17(14)3/h5-7,9,13H,4,8,10,15H2,1-3H3. The van der Waals surface area contributed by atoms with E-state index in [1.807, 2.05) is 18.7 Å². The SMILES string of the molecule is CCC(N)Cc1ccn(Cc2cc(C)nn2C)c1. The van der Waals surface area contributed by atoms with E-state index in [2.05, 4.69) is 41.1 Å². The quantitative estimate of drug-likeness (QED) is 0.875. The van der Waals surface area contributed by atoms with E-state index >= 15 is 0 Å².